The second-order valence-corrected chi connectivity index (χ2v) is 24.6. The zero-order valence-corrected chi connectivity index (χ0v) is 55.2. The summed E-state index contributed by atoms with van der Waals surface area (Å²) in [5.41, 5.74) is 0. The molecule has 1 N–H and O–H groups in total. The molecule has 0 aliphatic heterocycles. The van der Waals surface area contributed by atoms with Gasteiger partial charge in [0.15, 0.2) is 6.10 Å². The molecule has 84 heavy (non-hydrogen) atoms. The average Bonchev–Trinajstić information content (AvgIpc) is 3.61. The molecule has 0 aliphatic rings. The Hall–Kier alpha value is -4.11. The molecular weight excluding hydrogens is 1060 g/mol. The number of nitrogens with zero attached hydrogens (tertiary/aromatic N) is 1. The van der Waals surface area contributed by atoms with Crippen LogP contribution < -0.4 is 0 Å². The number of esters is 2. The van der Waals surface area contributed by atoms with E-state index in [1.54, 1.807) is 0 Å². The lowest BCUT2D eigenvalue weighted by Crippen LogP contribution is -2.37. The molecule has 2 atom stereocenters. The second-order valence-electron chi connectivity index (χ2n) is 23.1. The molecule has 0 heterocycles. The number of hydrogen-bond donors (Lipinski definition) is 1. The first-order chi connectivity index (χ1) is 41.0. The second kappa shape index (κ2) is 63.4. The van der Waals surface area contributed by atoms with Crippen LogP contribution in [0.4, 0.5) is 0 Å². The standard InChI is InChI=1S/C74H124NO8P/c1-6-8-10-12-14-16-18-20-22-24-26-28-30-32-34-35-36-37-38-39-41-43-45-47-49-51-53-55-57-59-61-63-65-67-74(77)83-72(71-82-84(78,79)81-69-68-75(3,4)5)70-80-73(76)66-64-62-60-58-56-54-52-50-48-46-44-42-40-33-31-29-27-25-23-21-19-17-15-13-11-9-7-2/h8,10,14,16,19-22,25-28,31-34,36-37,39,41,45,47,51,53,72H,6-7,9,11-13,15,17-18,23-24,29-30,35,38,40,42-44,46,48-50,52,54-71H2,1-5H3/p+1/b10-8-,16-14-,21-19-,22-20-,27-25-,28-26-,33-31-,34-32-,37-36-,41-39-,47-45-,53-51-. The molecule has 2 unspecified atom stereocenters. The summed E-state index contributed by atoms with van der Waals surface area (Å²) in [4.78, 5) is 35.8. The van der Waals surface area contributed by atoms with Crippen molar-refractivity contribution in [2.24, 2.45) is 0 Å². The topological polar surface area (TPSA) is 108 Å². The zero-order chi connectivity index (χ0) is 61.2. The smallest absolute Gasteiger partial charge is 0.462 e. The molecule has 10 heteroatoms. The predicted molar refractivity (Wildman–Crippen MR) is 362 cm³/mol. The van der Waals surface area contributed by atoms with E-state index in [1.807, 2.05) is 21.1 Å². The summed E-state index contributed by atoms with van der Waals surface area (Å²) in [7, 11) is 1.44. The van der Waals surface area contributed by atoms with Crippen molar-refractivity contribution >= 4 is 19.8 Å². The van der Waals surface area contributed by atoms with Crippen LogP contribution in [0, 0.1) is 0 Å². The van der Waals surface area contributed by atoms with E-state index in [2.05, 4.69) is 160 Å². The summed E-state index contributed by atoms with van der Waals surface area (Å²) in [6.45, 7) is 4.28. The molecule has 0 amide bonds. The fourth-order valence-corrected chi connectivity index (χ4v) is 9.46. The first kappa shape index (κ1) is 79.9. The van der Waals surface area contributed by atoms with E-state index in [0.717, 1.165) is 122 Å². The van der Waals surface area contributed by atoms with Crippen molar-refractivity contribution in [3.05, 3.63) is 146 Å². The Morgan fingerprint density at radius 2 is 0.679 bits per heavy atom. The highest BCUT2D eigenvalue weighted by molar-refractivity contribution is 7.47. The Bertz CT molecular complexity index is 1930. The molecule has 0 saturated carbocycles. The number of hydrogen-bond acceptors (Lipinski definition) is 7. The van der Waals surface area contributed by atoms with E-state index >= 15 is 0 Å². The molecule has 0 aliphatic carbocycles. The highest BCUT2D eigenvalue weighted by atomic mass is 31.2. The van der Waals surface area contributed by atoms with Gasteiger partial charge in [0.1, 0.15) is 19.8 Å². The van der Waals surface area contributed by atoms with Gasteiger partial charge in [-0.25, -0.2) is 4.57 Å². The van der Waals surface area contributed by atoms with E-state index < -0.39 is 26.5 Å². The van der Waals surface area contributed by atoms with Gasteiger partial charge in [-0.1, -0.05) is 269 Å². The summed E-state index contributed by atoms with van der Waals surface area (Å²) < 4.78 is 34.7. The quantitative estimate of drug-likeness (QED) is 0.0211. The SMILES string of the molecule is CC/C=C\C/C=C\C/C=C\C/C=C\C/C=C\C/C=C\C/C=C\C/C=C\C/C=C\CCCCCCCC(=O)OC(COC(=O)CCCCCCCCCCCCCC/C=C\C/C=C\C/C=C\CCCCCCC)COP(=O)(O)OCC[N+](C)(C)C. The molecule has 478 valence electrons. The minimum Gasteiger partial charge on any atom is -0.462 e. The molecule has 0 aromatic rings. The van der Waals surface area contributed by atoms with Crippen molar-refractivity contribution in [2.45, 2.75) is 264 Å². The third kappa shape index (κ3) is 67.0. The van der Waals surface area contributed by atoms with Crippen molar-refractivity contribution in [3.8, 4) is 0 Å². The van der Waals surface area contributed by atoms with Crippen LogP contribution in [0.3, 0.4) is 0 Å². The summed E-state index contributed by atoms with van der Waals surface area (Å²) in [5.74, 6) is -0.828. The van der Waals surface area contributed by atoms with Crippen LogP contribution in [-0.2, 0) is 32.7 Å². The summed E-state index contributed by atoms with van der Waals surface area (Å²) in [5, 5.41) is 0. The van der Waals surface area contributed by atoms with Crippen molar-refractivity contribution in [2.75, 3.05) is 47.5 Å². The Morgan fingerprint density at radius 1 is 0.381 bits per heavy atom. The van der Waals surface area contributed by atoms with Crippen LogP contribution in [-0.4, -0.2) is 74.9 Å². The zero-order valence-electron chi connectivity index (χ0n) is 54.3. The number of quaternary nitrogens is 1. The Morgan fingerprint density at radius 3 is 1.01 bits per heavy atom. The first-order valence-electron chi connectivity index (χ1n) is 33.6. The third-order valence-corrected chi connectivity index (χ3v) is 14.8. The maximum Gasteiger partial charge on any atom is 0.472 e. The molecule has 0 rings (SSSR count). The Balaban J connectivity index is 4.20. The van der Waals surface area contributed by atoms with Crippen molar-refractivity contribution in [1.29, 1.82) is 0 Å². The minimum atomic E-state index is -4.41. The van der Waals surface area contributed by atoms with Crippen molar-refractivity contribution < 1.29 is 42.1 Å². The lowest BCUT2D eigenvalue weighted by Gasteiger charge is -2.24. The van der Waals surface area contributed by atoms with Crippen LogP contribution in [0.25, 0.3) is 0 Å². The summed E-state index contributed by atoms with van der Waals surface area (Å²) >= 11 is 0. The van der Waals surface area contributed by atoms with Crippen LogP contribution in [0.15, 0.2) is 146 Å². The van der Waals surface area contributed by atoms with E-state index in [1.165, 1.54) is 103 Å². The van der Waals surface area contributed by atoms with Crippen LogP contribution in [0.1, 0.15) is 258 Å². The molecule has 0 radical (unpaired) electrons. The number of unbranched alkanes of at least 4 members (excludes halogenated alkanes) is 22. The highest BCUT2D eigenvalue weighted by Crippen LogP contribution is 2.43. The summed E-state index contributed by atoms with van der Waals surface area (Å²) in [6, 6.07) is 0. The molecule has 0 bridgehead atoms. The van der Waals surface area contributed by atoms with Gasteiger partial charge < -0.3 is 18.9 Å². The highest BCUT2D eigenvalue weighted by Gasteiger charge is 2.27. The van der Waals surface area contributed by atoms with Gasteiger partial charge in [0.2, 0.25) is 0 Å². The number of ether oxygens (including phenoxy) is 2. The molecular formula is C74H125NO8P+. The van der Waals surface area contributed by atoms with E-state index in [0.29, 0.717) is 17.4 Å². The lowest BCUT2D eigenvalue weighted by molar-refractivity contribution is -0.870. The number of phosphoric acid groups is 1. The molecule has 0 aromatic carbocycles. The molecule has 9 nitrogen and oxygen atoms in total. The van der Waals surface area contributed by atoms with Crippen molar-refractivity contribution in [3.63, 3.8) is 0 Å². The number of carbonyl (C=O) groups is 2. The Labute approximate surface area is 516 Å². The fourth-order valence-electron chi connectivity index (χ4n) is 8.72. The normalized spacial score (nSPS) is 14.1. The lowest BCUT2D eigenvalue weighted by atomic mass is 10.0. The third-order valence-electron chi connectivity index (χ3n) is 13.9. The van der Waals surface area contributed by atoms with Gasteiger partial charge in [0.05, 0.1) is 27.7 Å². The van der Waals surface area contributed by atoms with Crippen LogP contribution >= 0.6 is 7.82 Å². The van der Waals surface area contributed by atoms with Gasteiger partial charge in [-0.3, -0.25) is 18.6 Å². The average molecular weight is 1190 g/mol. The van der Waals surface area contributed by atoms with Gasteiger partial charge in [-0.05, 0) is 122 Å². The predicted octanol–water partition coefficient (Wildman–Crippen LogP) is 21.8. The first-order valence-corrected chi connectivity index (χ1v) is 35.1. The van der Waals surface area contributed by atoms with Gasteiger partial charge in [0.25, 0.3) is 0 Å². The molecule has 0 spiro atoms. The monoisotopic (exact) mass is 1190 g/mol. The fraction of sp³-hybridized carbons (Fsp3) is 0.649. The van der Waals surface area contributed by atoms with Gasteiger partial charge in [-0.2, -0.15) is 0 Å². The van der Waals surface area contributed by atoms with Gasteiger partial charge >= 0.3 is 19.8 Å². The van der Waals surface area contributed by atoms with Crippen molar-refractivity contribution in [1.82, 2.24) is 0 Å². The van der Waals surface area contributed by atoms with Crippen LogP contribution in [0.5, 0.6) is 0 Å². The number of carbonyl (C=O) groups excluding carboxylic acids is 2. The Kier molecular flexibility index (Phi) is 60.3. The van der Waals surface area contributed by atoms with E-state index in [9.17, 15) is 19.0 Å². The molecule has 0 aromatic heterocycles. The maximum atomic E-state index is 12.9. The number of allylic oxidation sites excluding steroid dienone is 24. The number of likely N-dealkylation sites (N-methyl/N-ethyl adjacent to an activating group) is 1. The molecule has 0 fully saturated rings. The molecule has 0 saturated heterocycles. The van der Waals surface area contributed by atoms with Gasteiger partial charge in [-0.15, -0.1) is 0 Å². The number of rotatable bonds is 60. The van der Waals surface area contributed by atoms with Crippen LogP contribution in [0.2, 0.25) is 0 Å². The largest absolute Gasteiger partial charge is 0.472 e. The van der Waals surface area contributed by atoms with E-state index in [4.69, 9.17) is 18.5 Å². The summed E-state index contributed by atoms with van der Waals surface area (Å²) in [6.07, 6.45) is 93.6. The van der Waals surface area contributed by atoms with E-state index in [-0.39, 0.29) is 32.0 Å². The maximum absolute atomic E-state index is 12.9. The minimum absolute atomic E-state index is 0.0195. The number of phosphoric ester groups is 1. The van der Waals surface area contributed by atoms with Gasteiger partial charge in [0, 0.05) is 12.8 Å².